The Labute approximate surface area is 136 Å². The van der Waals surface area contributed by atoms with Crippen LogP contribution in [0.3, 0.4) is 0 Å². The summed E-state index contributed by atoms with van der Waals surface area (Å²) in [5.41, 5.74) is 0. The van der Waals surface area contributed by atoms with E-state index < -0.39 is 0 Å². The van der Waals surface area contributed by atoms with Crippen molar-refractivity contribution in [1.82, 2.24) is 20.0 Å². The SMILES string of the molecule is CN1CCN(C2CCN(CCNC(=O)c3ccco3)C2=O)CC1. The molecule has 2 aliphatic heterocycles. The Bertz CT molecular complexity index is 538. The van der Waals surface area contributed by atoms with Crippen LogP contribution < -0.4 is 5.32 Å². The fraction of sp³-hybridized carbons (Fsp3) is 0.625. The Morgan fingerprint density at radius 2 is 2.09 bits per heavy atom. The fourth-order valence-corrected chi connectivity index (χ4v) is 3.22. The van der Waals surface area contributed by atoms with Gasteiger partial charge in [-0.25, -0.2) is 0 Å². The highest BCUT2D eigenvalue weighted by Gasteiger charge is 2.36. The van der Waals surface area contributed by atoms with Crippen LogP contribution in [0.5, 0.6) is 0 Å². The van der Waals surface area contributed by atoms with Gasteiger partial charge in [0.05, 0.1) is 12.3 Å². The lowest BCUT2D eigenvalue weighted by Gasteiger charge is -2.35. The normalized spacial score (nSPS) is 23.4. The molecule has 3 rings (SSSR count). The second kappa shape index (κ2) is 7.14. The lowest BCUT2D eigenvalue weighted by molar-refractivity contribution is -0.132. The van der Waals surface area contributed by atoms with Crippen LogP contribution in [0.25, 0.3) is 0 Å². The largest absolute Gasteiger partial charge is 0.459 e. The molecular formula is C16H24N4O3. The van der Waals surface area contributed by atoms with Gasteiger partial charge < -0.3 is 19.5 Å². The summed E-state index contributed by atoms with van der Waals surface area (Å²) < 4.78 is 5.04. The number of piperazine rings is 1. The van der Waals surface area contributed by atoms with Gasteiger partial charge in [0.15, 0.2) is 5.76 Å². The minimum absolute atomic E-state index is 0.0180. The lowest BCUT2D eigenvalue weighted by Crippen LogP contribution is -2.51. The summed E-state index contributed by atoms with van der Waals surface area (Å²) in [6.07, 6.45) is 2.36. The second-order valence-electron chi connectivity index (χ2n) is 6.20. The van der Waals surface area contributed by atoms with E-state index in [1.54, 1.807) is 12.1 Å². The molecule has 1 aromatic rings. The summed E-state index contributed by atoms with van der Waals surface area (Å²) in [5.74, 6) is 0.257. The molecule has 0 aromatic carbocycles. The molecule has 0 spiro atoms. The number of nitrogens with one attached hydrogen (secondary N) is 1. The number of rotatable bonds is 5. The van der Waals surface area contributed by atoms with Gasteiger partial charge in [0.25, 0.3) is 5.91 Å². The highest BCUT2D eigenvalue weighted by molar-refractivity contribution is 5.91. The predicted octanol–water partition coefficient (Wildman–Crippen LogP) is -0.142. The quantitative estimate of drug-likeness (QED) is 0.818. The summed E-state index contributed by atoms with van der Waals surface area (Å²) in [4.78, 5) is 30.7. The van der Waals surface area contributed by atoms with Crippen molar-refractivity contribution in [1.29, 1.82) is 0 Å². The molecule has 1 aromatic heterocycles. The number of amides is 2. The van der Waals surface area contributed by atoms with Crippen molar-refractivity contribution in [3.63, 3.8) is 0 Å². The van der Waals surface area contributed by atoms with Crippen molar-refractivity contribution < 1.29 is 14.0 Å². The Kier molecular flexibility index (Phi) is 4.97. The molecule has 7 heteroatoms. The first-order valence-corrected chi connectivity index (χ1v) is 8.18. The molecule has 1 atom stereocenters. The molecule has 126 valence electrons. The molecule has 0 radical (unpaired) electrons. The number of hydrogen-bond acceptors (Lipinski definition) is 5. The zero-order valence-electron chi connectivity index (χ0n) is 13.5. The van der Waals surface area contributed by atoms with E-state index in [9.17, 15) is 9.59 Å². The summed E-state index contributed by atoms with van der Waals surface area (Å²) in [6, 6.07) is 3.32. The maximum Gasteiger partial charge on any atom is 0.287 e. The van der Waals surface area contributed by atoms with Gasteiger partial charge in [0, 0.05) is 45.8 Å². The highest BCUT2D eigenvalue weighted by atomic mass is 16.3. The van der Waals surface area contributed by atoms with E-state index in [1.807, 2.05) is 4.90 Å². The molecule has 2 amide bonds. The van der Waals surface area contributed by atoms with Gasteiger partial charge in [0.2, 0.25) is 5.91 Å². The maximum absolute atomic E-state index is 12.5. The average Bonchev–Trinajstić information content (AvgIpc) is 3.19. The van der Waals surface area contributed by atoms with E-state index in [2.05, 4.69) is 22.2 Å². The fourth-order valence-electron chi connectivity index (χ4n) is 3.22. The number of carbonyl (C=O) groups is 2. The second-order valence-corrected chi connectivity index (χ2v) is 6.20. The summed E-state index contributed by atoms with van der Waals surface area (Å²) in [5, 5.41) is 2.79. The number of hydrogen-bond donors (Lipinski definition) is 1. The van der Waals surface area contributed by atoms with Gasteiger partial charge in [-0.2, -0.15) is 0 Å². The summed E-state index contributed by atoms with van der Waals surface area (Å²) >= 11 is 0. The lowest BCUT2D eigenvalue weighted by atomic mass is 10.2. The number of nitrogens with zero attached hydrogens (tertiary/aromatic N) is 3. The van der Waals surface area contributed by atoms with Gasteiger partial charge in [-0.1, -0.05) is 0 Å². The van der Waals surface area contributed by atoms with Crippen LogP contribution in [-0.2, 0) is 4.79 Å². The van der Waals surface area contributed by atoms with Crippen molar-refractivity contribution in [2.24, 2.45) is 0 Å². The third kappa shape index (κ3) is 3.73. The first-order valence-electron chi connectivity index (χ1n) is 8.18. The van der Waals surface area contributed by atoms with E-state index in [0.717, 1.165) is 39.1 Å². The van der Waals surface area contributed by atoms with Gasteiger partial charge >= 0.3 is 0 Å². The van der Waals surface area contributed by atoms with E-state index in [-0.39, 0.29) is 17.9 Å². The van der Waals surface area contributed by atoms with E-state index in [0.29, 0.717) is 18.8 Å². The molecule has 2 saturated heterocycles. The first kappa shape index (κ1) is 16.0. The summed E-state index contributed by atoms with van der Waals surface area (Å²) in [6.45, 7) is 5.71. The highest BCUT2D eigenvalue weighted by Crippen LogP contribution is 2.18. The van der Waals surface area contributed by atoms with Gasteiger partial charge in [-0.3, -0.25) is 14.5 Å². The van der Waals surface area contributed by atoms with Crippen molar-refractivity contribution in [2.75, 3.05) is 52.9 Å². The molecule has 3 heterocycles. The van der Waals surface area contributed by atoms with E-state index in [1.165, 1.54) is 6.26 Å². The molecule has 0 saturated carbocycles. The molecule has 2 fully saturated rings. The minimum atomic E-state index is -0.239. The van der Waals surface area contributed by atoms with Crippen LogP contribution in [-0.4, -0.2) is 85.4 Å². The van der Waals surface area contributed by atoms with Crippen LogP contribution in [0.4, 0.5) is 0 Å². The third-order valence-electron chi connectivity index (χ3n) is 4.66. The standard InChI is InChI=1S/C16H24N4O3/c1-18-8-10-19(11-9-18)13-4-6-20(16(13)22)7-5-17-15(21)14-3-2-12-23-14/h2-3,12-13H,4-11H2,1H3,(H,17,21). The van der Waals surface area contributed by atoms with Crippen LogP contribution >= 0.6 is 0 Å². The Morgan fingerprint density at radius 3 is 2.78 bits per heavy atom. The van der Waals surface area contributed by atoms with Crippen molar-refractivity contribution in [3.05, 3.63) is 24.2 Å². The van der Waals surface area contributed by atoms with Crippen LogP contribution in [0.15, 0.2) is 22.8 Å². The first-order chi connectivity index (χ1) is 11.1. The van der Waals surface area contributed by atoms with E-state index in [4.69, 9.17) is 4.42 Å². The van der Waals surface area contributed by atoms with Crippen LogP contribution in [0, 0.1) is 0 Å². The average molecular weight is 320 g/mol. The topological polar surface area (TPSA) is 69.0 Å². The zero-order chi connectivity index (χ0) is 16.2. The Hall–Kier alpha value is -1.86. The molecule has 0 bridgehead atoms. The predicted molar refractivity (Wildman–Crippen MR) is 85.1 cm³/mol. The molecular weight excluding hydrogens is 296 g/mol. The van der Waals surface area contributed by atoms with Crippen LogP contribution in [0.1, 0.15) is 17.0 Å². The number of carbonyl (C=O) groups excluding carboxylic acids is 2. The van der Waals surface area contributed by atoms with Gasteiger partial charge in [0.1, 0.15) is 0 Å². The molecule has 2 aliphatic rings. The van der Waals surface area contributed by atoms with Gasteiger partial charge in [-0.15, -0.1) is 0 Å². The number of furan rings is 1. The Morgan fingerprint density at radius 1 is 1.30 bits per heavy atom. The van der Waals surface area contributed by atoms with Gasteiger partial charge in [-0.05, 0) is 25.6 Å². The van der Waals surface area contributed by atoms with Crippen LogP contribution in [0.2, 0.25) is 0 Å². The van der Waals surface area contributed by atoms with E-state index >= 15 is 0 Å². The molecule has 0 aliphatic carbocycles. The van der Waals surface area contributed by atoms with Crippen molar-refractivity contribution in [2.45, 2.75) is 12.5 Å². The minimum Gasteiger partial charge on any atom is -0.459 e. The Balaban J connectivity index is 1.43. The number of likely N-dealkylation sites (N-methyl/N-ethyl adjacent to an activating group) is 1. The smallest absolute Gasteiger partial charge is 0.287 e. The maximum atomic E-state index is 12.5. The monoisotopic (exact) mass is 320 g/mol. The van der Waals surface area contributed by atoms with Crippen molar-refractivity contribution in [3.8, 4) is 0 Å². The van der Waals surface area contributed by atoms with Crippen molar-refractivity contribution >= 4 is 11.8 Å². The third-order valence-corrected chi connectivity index (χ3v) is 4.66. The summed E-state index contributed by atoms with van der Waals surface area (Å²) in [7, 11) is 2.11. The molecule has 7 nitrogen and oxygen atoms in total. The molecule has 1 unspecified atom stereocenters. The molecule has 23 heavy (non-hydrogen) atoms. The molecule has 1 N–H and O–H groups in total. The number of likely N-dealkylation sites (tertiary alicyclic amines) is 1. The zero-order valence-corrected chi connectivity index (χ0v) is 13.5.